The summed E-state index contributed by atoms with van der Waals surface area (Å²) in [7, 11) is 2.19. The van der Waals surface area contributed by atoms with Gasteiger partial charge in [0.2, 0.25) is 0 Å². The Morgan fingerprint density at radius 3 is 3.00 bits per heavy atom. The third-order valence-corrected chi connectivity index (χ3v) is 3.84. The lowest BCUT2D eigenvalue weighted by Crippen LogP contribution is -2.37. The topological polar surface area (TPSA) is 32.5 Å². The molecule has 0 aromatic heterocycles. The molecular weight excluding hydrogens is 222 g/mol. The van der Waals surface area contributed by atoms with Crippen molar-refractivity contribution in [3.05, 3.63) is 35.4 Å². The largest absolute Gasteiger partial charge is 0.329 e. The summed E-state index contributed by atoms with van der Waals surface area (Å²) in [6, 6.07) is 9.50. The van der Waals surface area contributed by atoms with Crippen LogP contribution >= 0.6 is 0 Å². The summed E-state index contributed by atoms with van der Waals surface area (Å²) >= 11 is 0. The van der Waals surface area contributed by atoms with E-state index in [9.17, 15) is 0 Å². The molecule has 3 nitrogen and oxygen atoms in total. The SMILES string of the molecule is Cc1cccc(CN2CCC(N(C)CCN)C2)c1. The Morgan fingerprint density at radius 1 is 1.44 bits per heavy atom. The van der Waals surface area contributed by atoms with Crippen LogP contribution in [0.25, 0.3) is 0 Å². The zero-order chi connectivity index (χ0) is 13.0. The van der Waals surface area contributed by atoms with Crippen LogP contribution < -0.4 is 5.73 Å². The van der Waals surface area contributed by atoms with Crippen molar-refractivity contribution < 1.29 is 0 Å². The van der Waals surface area contributed by atoms with Crippen molar-refractivity contribution in [1.82, 2.24) is 9.80 Å². The van der Waals surface area contributed by atoms with E-state index in [1.807, 2.05) is 0 Å². The molecule has 1 heterocycles. The summed E-state index contributed by atoms with van der Waals surface area (Å²) < 4.78 is 0. The molecule has 1 aromatic rings. The molecule has 0 saturated carbocycles. The minimum atomic E-state index is 0.679. The summed E-state index contributed by atoms with van der Waals surface area (Å²) in [5, 5.41) is 0. The first-order valence-corrected chi connectivity index (χ1v) is 6.87. The Balaban J connectivity index is 1.86. The smallest absolute Gasteiger partial charge is 0.0234 e. The van der Waals surface area contributed by atoms with Crippen molar-refractivity contribution in [2.75, 3.05) is 33.2 Å². The predicted molar refractivity (Wildman–Crippen MR) is 76.5 cm³/mol. The van der Waals surface area contributed by atoms with Crippen molar-refractivity contribution >= 4 is 0 Å². The fourth-order valence-corrected chi connectivity index (χ4v) is 2.77. The maximum atomic E-state index is 5.62. The van der Waals surface area contributed by atoms with Crippen LogP contribution in [-0.2, 0) is 6.54 Å². The van der Waals surface area contributed by atoms with Crippen LogP contribution in [0.2, 0.25) is 0 Å². The molecule has 1 atom stereocenters. The van der Waals surface area contributed by atoms with Crippen LogP contribution in [0.1, 0.15) is 17.5 Å². The van der Waals surface area contributed by atoms with E-state index >= 15 is 0 Å². The lowest BCUT2D eigenvalue weighted by molar-refractivity contribution is 0.234. The second-order valence-corrected chi connectivity index (χ2v) is 5.44. The van der Waals surface area contributed by atoms with E-state index in [1.165, 1.54) is 30.6 Å². The Kier molecular flexibility index (Phi) is 4.75. The first kappa shape index (κ1) is 13.5. The summed E-state index contributed by atoms with van der Waals surface area (Å²) in [5.41, 5.74) is 8.39. The van der Waals surface area contributed by atoms with Crippen LogP contribution in [-0.4, -0.2) is 49.1 Å². The molecule has 0 amide bonds. The van der Waals surface area contributed by atoms with Crippen molar-refractivity contribution in [1.29, 1.82) is 0 Å². The van der Waals surface area contributed by atoms with Gasteiger partial charge in [-0.15, -0.1) is 0 Å². The molecule has 2 rings (SSSR count). The molecule has 100 valence electrons. The van der Waals surface area contributed by atoms with Gasteiger partial charge in [-0.25, -0.2) is 0 Å². The van der Waals surface area contributed by atoms with E-state index in [2.05, 4.69) is 48.0 Å². The predicted octanol–water partition coefficient (Wildman–Crippen LogP) is 1.46. The zero-order valence-electron chi connectivity index (χ0n) is 11.6. The molecule has 18 heavy (non-hydrogen) atoms. The molecule has 2 N–H and O–H groups in total. The number of hydrogen-bond donors (Lipinski definition) is 1. The van der Waals surface area contributed by atoms with Gasteiger partial charge >= 0.3 is 0 Å². The molecule has 1 aliphatic heterocycles. The number of likely N-dealkylation sites (N-methyl/N-ethyl adjacent to an activating group) is 1. The maximum Gasteiger partial charge on any atom is 0.0234 e. The Labute approximate surface area is 111 Å². The number of likely N-dealkylation sites (tertiary alicyclic amines) is 1. The Hall–Kier alpha value is -0.900. The van der Waals surface area contributed by atoms with Crippen LogP contribution in [0.5, 0.6) is 0 Å². The van der Waals surface area contributed by atoms with Gasteiger partial charge in [0.05, 0.1) is 0 Å². The van der Waals surface area contributed by atoms with Gasteiger partial charge < -0.3 is 10.6 Å². The lowest BCUT2D eigenvalue weighted by Gasteiger charge is -2.24. The quantitative estimate of drug-likeness (QED) is 0.855. The molecule has 0 bridgehead atoms. The second kappa shape index (κ2) is 6.32. The van der Waals surface area contributed by atoms with Gasteiger partial charge in [-0.2, -0.15) is 0 Å². The van der Waals surface area contributed by atoms with Gasteiger partial charge in [0.15, 0.2) is 0 Å². The number of rotatable bonds is 5. The summed E-state index contributed by atoms with van der Waals surface area (Å²) in [6.45, 7) is 7.37. The van der Waals surface area contributed by atoms with Crippen LogP contribution in [0.4, 0.5) is 0 Å². The van der Waals surface area contributed by atoms with Gasteiger partial charge in [0.1, 0.15) is 0 Å². The normalized spacial score (nSPS) is 20.8. The van der Waals surface area contributed by atoms with Crippen molar-refractivity contribution in [2.24, 2.45) is 5.73 Å². The zero-order valence-corrected chi connectivity index (χ0v) is 11.6. The van der Waals surface area contributed by atoms with Crippen LogP contribution in [0.15, 0.2) is 24.3 Å². The summed E-state index contributed by atoms with van der Waals surface area (Å²) in [6.07, 6.45) is 1.27. The molecule has 1 aromatic carbocycles. The standard InChI is InChI=1S/C15H25N3/c1-13-4-3-5-14(10-13)11-18-8-6-15(12-18)17(2)9-7-16/h3-5,10,15H,6-9,11-12,16H2,1-2H3. The Morgan fingerprint density at radius 2 is 2.28 bits per heavy atom. The average Bonchev–Trinajstić information content (AvgIpc) is 2.78. The van der Waals surface area contributed by atoms with E-state index in [0.29, 0.717) is 6.04 Å². The molecule has 0 aliphatic carbocycles. The molecular formula is C15H25N3. The highest BCUT2D eigenvalue weighted by Gasteiger charge is 2.25. The highest BCUT2D eigenvalue weighted by atomic mass is 15.2. The fraction of sp³-hybridized carbons (Fsp3) is 0.600. The van der Waals surface area contributed by atoms with E-state index in [-0.39, 0.29) is 0 Å². The lowest BCUT2D eigenvalue weighted by atomic mass is 10.1. The molecule has 3 heteroatoms. The van der Waals surface area contributed by atoms with Crippen molar-refractivity contribution in [3.63, 3.8) is 0 Å². The van der Waals surface area contributed by atoms with Crippen LogP contribution in [0, 0.1) is 6.92 Å². The minimum absolute atomic E-state index is 0.679. The van der Waals surface area contributed by atoms with Gasteiger partial charge in [0, 0.05) is 38.8 Å². The molecule has 0 spiro atoms. The summed E-state index contributed by atoms with van der Waals surface area (Å²) in [4.78, 5) is 4.95. The Bertz CT molecular complexity index is 378. The van der Waals surface area contributed by atoms with Gasteiger partial charge in [-0.1, -0.05) is 29.8 Å². The first-order valence-electron chi connectivity index (χ1n) is 6.87. The molecule has 1 saturated heterocycles. The number of hydrogen-bond acceptors (Lipinski definition) is 3. The van der Waals surface area contributed by atoms with Gasteiger partial charge in [-0.05, 0) is 26.0 Å². The third kappa shape index (κ3) is 3.55. The fourth-order valence-electron chi connectivity index (χ4n) is 2.77. The van der Waals surface area contributed by atoms with E-state index in [4.69, 9.17) is 5.73 Å². The molecule has 1 aliphatic rings. The number of nitrogens with two attached hydrogens (primary N) is 1. The minimum Gasteiger partial charge on any atom is -0.329 e. The molecule has 1 fully saturated rings. The van der Waals surface area contributed by atoms with Crippen molar-refractivity contribution in [2.45, 2.75) is 25.9 Å². The van der Waals surface area contributed by atoms with Crippen molar-refractivity contribution in [3.8, 4) is 0 Å². The number of nitrogens with zero attached hydrogens (tertiary/aromatic N) is 2. The number of benzene rings is 1. The second-order valence-electron chi connectivity index (χ2n) is 5.44. The van der Waals surface area contributed by atoms with Gasteiger partial charge in [0.25, 0.3) is 0 Å². The number of aryl methyl sites for hydroxylation is 1. The average molecular weight is 247 g/mol. The summed E-state index contributed by atoms with van der Waals surface area (Å²) in [5.74, 6) is 0. The van der Waals surface area contributed by atoms with E-state index in [1.54, 1.807) is 0 Å². The highest BCUT2D eigenvalue weighted by molar-refractivity contribution is 5.22. The van der Waals surface area contributed by atoms with E-state index in [0.717, 1.165) is 19.6 Å². The molecule has 1 unspecified atom stereocenters. The first-order chi connectivity index (χ1) is 8.69. The van der Waals surface area contributed by atoms with Crippen LogP contribution in [0.3, 0.4) is 0 Å². The maximum absolute atomic E-state index is 5.62. The van der Waals surface area contributed by atoms with E-state index < -0.39 is 0 Å². The highest BCUT2D eigenvalue weighted by Crippen LogP contribution is 2.17. The third-order valence-electron chi connectivity index (χ3n) is 3.84. The molecule has 0 radical (unpaired) electrons. The van der Waals surface area contributed by atoms with Gasteiger partial charge in [-0.3, -0.25) is 4.90 Å². The monoisotopic (exact) mass is 247 g/mol.